The third kappa shape index (κ3) is 2.87. The largest absolute Gasteiger partial charge is 0.330 e. The van der Waals surface area contributed by atoms with E-state index >= 15 is 0 Å². The van der Waals surface area contributed by atoms with Gasteiger partial charge >= 0.3 is 0 Å². The zero-order valence-corrected chi connectivity index (χ0v) is 16.6. The standard InChI is InChI=1S/C21H17N3O2S2/c25-19(12-16-13-4-1-2-5-14(13)21(26)23-22-16)24-9-7-17-15(8-11-28-17)20(24)18-6-3-10-27-18/h1-6,8,10-11,20H,7,9,12H2,(H,23,26). The molecule has 5 rings (SSSR count). The smallest absolute Gasteiger partial charge is 0.272 e. The molecule has 0 spiro atoms. The van der Waals surface area contributed by atoms with Gasteiger partial charge in [0.05, 0.1) is 23.5 Å². The zero-order chi connectivity index (χ0) is 19.1. The van der Waals surface area contributed by atoms with Gasteiger partial charge in [-0.1, -0.05) is 24.3 Å². The van der Waals surface area contributed by atoms with E-state index in [1.807, 2.05) is 29.2 Å². The maximum absolute atomic E-state index is 13.3. The van der Waals surface area contributed by atoms with Crippen molar-refractivity contribution < 1.29 is 4.79 Å². The summed E-state index contributed by atoms with van der Waals surface area (Å²) >= 11 is 3.44. The van der Waals surface area contributed by atoms with E-state index in [1.54, 1.807) is 28.7 Å². The molecule has 0 saturated heterocycles. The molecular weight excluding hydrogens is 390 g/mol. The molecule has 0 saturated carbocycles. The molecule has 1 N–H and O–H groups in total. The molecule has 140 valence electrons. The van der Waals surface area contributed by atoms with Crippen LogP contribution in [0.15, 0.2) is 58.0 Å². The molecular formula is C21H17N3O2S2. The molecule has 7 heteroatoms. The van der Waals surface area contributed by atoms with E-state index in [-0.39, 0.29) is 23.9 Å². The second-order valence-electron chi connectivity index (χ2n) is 6.78. The number of thiophene rings is 2. The van der Waals surface area contributed by atoms with E-state index in [0.29, 0.717) is 17.6 Å². The molecule has 0 radical (unpaired) electrons. The van der Waals surface area contributed by atoms with E-state index in [1.165, 1.54) is 15.3 Å². The predicted molar refractivity (Wildman–Crippen MR) is 112 cm³/mol. The Balaban J connectivity index is 1.52. The van der Waals surface area contributed by atoms with Crippen LogP contribution in [0.3, 0.4) is 0 Å². The molecule has 4 heterocycles. The SMILES string of the molecule is O=C(Cc1n[nH]c(=O)c2ccccc12)N1CCc2sccc2C1c1cccs1. The van der Waals surface area contributed by atoms with Gasteiger partial charge in [-0.15, -0.1) is 22.7 Å². The highest BCUT2D eigenvalue weighted by atomic mass is 32.1. The van der Waals surface area contributed by atoms with Gasteiger partial charge in [-0.05, 0) is 40.9 Å². The van der Waals surface area contributed by atoms with Crippen molar-refractivity contribution >= 4 is 39.4 Å². The van der Waals surface area contributed by atoms with Crippen molar-refractivity contribution in [1.82, 2.24) is 15.1 Å². The lowest BCUT2D eigenvalue weighted by Crippen LogP contribution is -2.40. The van der Waals surface area contributed by atoms with Crippen LogP contribution in [0.4, 0.5) is 0 Å². The summed E-state index contributed by atoms with van der Waals surface area (Å²) in [5, 5.41) is 12.2. The summed E-state index contributed by atoms with van der Waals surface area (Å²) in [7, 11) is 0. The minimum absolute atomic E-state index is 0.0277. The van der Waals surface area contributed by atoms with Crippen LogP contribution in [0.1, 0.15) is 27.1 Å². The Hall–Kier alpha value is -2.77. The predicted octanol–water partition coefficient (Wildman–Crippen LogP) is 3.76. The third-order valence-corrected chi connectivity index (χ3v) is 7.11. The molecule has 5 nitrogen and oxygen atoms in total. The number of nitrogens with zero attached hydrogens (tertiary/aromatic N) is 2. The van der Waals surface area contributed by atoms with E-state index in [4.69, 9.17) is 0 Å². The Morgan fingerprint density at radius 2 is 1.96 bits per heavy atom. The van der Waals surface area contributed by atoms with Gasteiger partial charge in [0, 0.05) is 21.7 Å². The molecule has 4 aromatic rings. The summed E-state index contributed by atoms with van der Waals surface area (Å²) < 4.78 is 0. The Bertz CT molecular complexity index is 1210. The van der Waals surface area contributed by atoms with Gasteiger partial charge in [-0.3, -0.25) is 9.59 Å². The summed E-state index contributed by atoms with van der Waals surface area (Å²) in [5.74, 6) is 0.0277. The number of H-pyrrole nitrogens is 1. The molecule has 1 aromatic carbocycles. The number of carbonyl (C=O) groups is 1. The van der Waals surface area contributed by atoms with E-state index in [0.717, 1.165) is 11.8 Å². The van der Waals surface area contributed by atoms with Gasteiger partial charge in [-0.2, -0.15) is 5.10 Å². The molecule has 0 aliphatic carbocycles. The van der Waals surface area contributed by atoms with Crippen LogP contribution in [-0.4, -0.2) is 27.5 Å². The molecule has 1 aliphatic rings. The van der Waals surface area contributed by atoms with Crippen molar-refractivity contribution in [3.05, 3.63) is 84.6 Å². The minimum Gasteiger partial charge on any atom is -0.330 e. The van der Waals surface area contributed by atoms with E-state index in [2.05, 4.69) is 33.1 Å². The first kappa shape index (κ1) is 17.3. The van der Waals surface area contributed by atoms with Gasteiger partial charge < -0.3 is 4.90 Å². The Labute approximate surface area is 169 Å². The van der Waals surface area contributed by atoms with Gasteiger partial charge in [0.25, 0.3) is 5.56 Å². The summed E-state index contributed by atoms with van der Waals surface area (Å²) in [6, 6.07) is 13.5. The quantitative estimate of drug-likeness (QED) is 0.562. The van der Waals surface area contributed by atoms with Crippen molar-refractivity contribution in [2.24, 2.45) is 0 Å². The van der Waals surface area contributed by atoms with Gasteiger partial charge in [0.15, 0.2) is 0 Å². The summed E-state index contributed by atoms with van der Waals surface area (Å²) in [6.07, 6.45) is 1.04. The van der Waals surface area contributed by atoms with Gasteiger partial charge in [0.2, 0.25) is 5.91 Å². The zero-order valence-electron chi connectivity index (χ0n) is 14.9. The number of carbonyl (C=O) groups excluding carboxylic acids is 1. The second-order valence-corrected chi connectivity index (χ2v) is 8.76. The first-order chi connectivity index (χ1) is 13.7. The molecule has 0 fully saturated rings. The summed E-state index contributed by atoms with van der Waals surface area (Å²) in [4.78, 5) is 29.8. The van der Waals surface area contributed by atoms with Crippen LogP contribution in [-0.2, 0) is 17.6 Å². The van der Waals surface area contributed by atoms with Gasteiger partial charge in [-0.25, -0.2) is 5.10 Å². The van der Waals surface area contributed by atoms with Crippen molar-refractivity contribution in [2.75, 3.05) is 6.54 Å². The normalized spacial score (nSPS) is 16.3. The fourth-order valence-electron chi connectivity index (χ4n) is 3.89. The lowest BCUT2D eigenvalue weighted by atomic mass is 9.97. The van der Waals surface area contributed by atoms with Gasteiger partial charge in [0.1, 0.15) is 0 Å². The maximum atomic E-state index is 13.3. The van der Waals surface area contributed by atoms with Crippen molar-refractivity contribution in [2.45, 2.75) is 18.9 Å². The lowest BCUT2D eigenvalue weighted by molar-refractivity contribution is -0.132. The number of aromatic amines is 1. The third-order valence-electron chi connectivity index (χ3n) is 5.19. The summed E-state index contributed by atoms with van der Waals surface area (Å²) in [6.45, 7) is 0.691. The maximum Gasteiger partial charge on any atom is 0.272 e. The van der Waals surface area contributed by atoms with Crippen molar-refractivity contribution in [1.29, 1.82) is 0 Å². The van der Waals surface area contributed by atoms with Crippen molar-refractivity contribution in [3.63, 3.8) is 0 Å². The van der Waals surface area contributed by atoms with E-state index in [9.17, 15) is 9.59 Å². The summed E-state index contributed by atoms with van der Waals surface area (Å²) in [5.41, 5.74) is 1.61. The number of nitrogens with one attached hydrogen (secondary N) is 1. The second kappa shape index (κ2) is 7.00. The van der Waals surface area contributed by atoms with Crippen LogP contribution in [0.2, 0.25) is 0 Å². The van der Waals surface area contributed by atoms with Crippen LogP contribution >= 0.6 is 22.7 Å². The molecule has 1 unspecified atom stereocenters. The van der Waals surface area contributed by atoms with E-state index < -0.39 is 0 Å². The van der Waals surface area contributed by atoms with Crippen LogP contribution in [0.5, 0.6) is 0 Å². The molecule has 1 atom stereocenters. The average Bonchev–Trinajstić information content (AvgIpc) is 3.41. The fraction of sp³-hybridized carbons (Fsp3) is 0.190. The van der Waals surface area contributed by atoms with Crippen LogP contribution in [0, 0.1) is 0 Å². The fourth-order valence-corrected chi connectivity index (χ4v) is 5.65. The number of hydrogen-bond donors (Lipinski definition) is 1. The first-order valence-corrected chi connectivity index (χ1v) is 10.8. The minimum atomic E-state index is -0.232. The number of amides is 1. The molecule has 0 bridgehead atoms. The number of aromatic nitrogens is 2. The van der Waals surface area contributed by atoms with Crippen molar-refractivity contribution in [3.8, 4) is 0 Å². The highest BCUT2D eigenvalue weighted by Gasteiger charge is 2.33. The lowest BCUT2D eigenvalue weighted by Gasteiger charge is -2.35. The topological polar surface area (TPSA) is 66.1 Å². The highest BCUT2D eigenvalue weighted by molar-refractivity contribution is 7.10. The number of fused-ring (bicyclic) bond motifs is 2. The monoisotopic (exact) mass is 407 g/mol. The molecule has 1 amide bonds. The number of benzene rings is 1. The Kier molecular flexibility index (Phi) is 4.33. The molecule has 28 heavy (non-hydrogen) atoms. The first-order valence-electron chi connectivity index (χ1n) is 9.08. The number of hydrogen-bond acceptors (Lipinski definition) is 5. The van der Waals surface area contributed by atoms with Crippen LogP contribution in [0.25, 0.3) is 10.8 Å². The van der Waals surface area contributed by atoms with Crippen LogP contribution < -0.4 is 5.56 Å². The molecule has 3 aromatic heterocycles. The Morgan fingerprint density at radius 1 is 1.11 bits per heavy atom. The molecule has 1 aliphatic heterocycles. The average molecular weight is 408 g/mol. The Morgan fingerprint density at radius 3 is 2.79 bits per heavy atom. The highest BCUT2D eigenvalue weighted by Crippen LogP contribution is 2.39. The number of rotatable bonds is 3.